The van der Waals surface area contributed by atoms with Gasteiger partial charge in [0.05, 0.1) is 5.16 Å². The fraction of sp³-hybridized carbons (Fsp3) is 0.297. The maximum Gasteiger partial charge on any atom is 0.0621 e. The molecule has 1 aliphatic rings. The average molecular weight is 577 g/mol. The number of nitrogens with zero attached hydrogens (tertiary/aromatic N) is 2. The van der Waals surface area contributed by atoms with Crippen molar-refractivity contribution in [2.45, 2.75) is 62.9 Å². The molecular formula is C37H42N2P2. The molecule has 5 rings (SSSR count). The molecule has 0 aliphatic heterocycles. The van der Waals surface area contributed by atoms with Gasteiger partial charge in [-0.2, -0.15) is 0 Å². The lowest BCUT2D eigenvalue weighted by Crippen LogP contribution is -2.29. The highest BCUT2D eigenvalue weighted by atomic mass is 31.1. The highest BCUT2D eigenvalue weighted by molar-refractivity contribution is 7.61. The fourth-order valence-electron chi connectivity index (χ4n) is 6.45. The molecule has 2 nitrogen and oxygen atoms in total. The van der Waals surface area contributed by atoms with Crippen molar-refractivity contribution in [2.75, 3.05) is 6.16 Å². The van der Waals surface area contributed by atoms with E-state index in [9.17, 15) is 0 Å². The third kappa shape index (κ3) is 6.02. The van der Waals surface area contributed by atoms with Crippen molar-refractivity contribution in [3.63, 3.8) is 0 Å². The predicted octanol–water partition coefficient (Wildman–Crippen LogP) is 9.85. The number of rotatable bonds is 7. The maximum atomic E-state index is 4.59. The summed E-state index contributed by atoms with van der Waals surface area (Å²) in [6.07, 6.45) is 11.3. The second kappa shape index (κ2) is 11.8. The molecule has 4 heteroatoms. The summed E-state index contributed by atoms with van der Waals surface area (Å²) in [6.45, 7) is 14.6. The number of aromatic nitrogens is 2. The van der Waals surface area contributed by atoms with Gasteiger partial charge in [0.2, 0.25) is 0 Å². The van der Waals surface area contributed by atoms with E-state index in [4.69, 9.17) is 0 Å². The second-order valence-corrected chi connectivity index (χ2v) is 17.7. The quantitative estimate of drug-likeness (QED) is 0.205. The van der Waals surface area contributed by atoms with Crippen LogP contribution in [0.1, 0.15) is 69.7 Å². The molecule has 0 fully saturated rings. The minimum Gasteiger partial charge on any atom is -0.264 e. The van der Waals surface area contributed by atoms with E-state index in [0.29, 0.717) is 0 Å². The summed E-state index contributed by atoms with van der Waals surface area (Å²) in [5.74, 6) is 0.163. The van der Waals surface area contributed by atoms with E-state index in [2.05, 4.69) is 140 Å². The molecule has 0 radical (unpaired) electrons. The minimum atomic E-state index is -0.502. The molecule has 2 heterocycles. The molecule has 1 aliphatic carbocycles. The van der Waals surface area contributed by atoms with Crippen LogP contribution in [0.3, 0.4) is 0 Å². The van der Waals surface area contributed by atoms with Crippen LogP contribution in [0.25, 0.3) is 5.57 Å². The van der Waals surface area contributed by atoms with Crippen molar-refractivity contribution in [2.24, 2.45) is 0 Å². The Labute approximate surface area is 250 Å². The normalized spacial score (nSPS) is 16.3. The predicted molar refractivity (Wildman–Crippen MR) is 181 cm³/mol. The first kappa shape index (κ1) is 29.6. The van der Waals surface area contributed by atoms with Crippen molar-refractivity contribution in [3.05, 3.63) is 149 Å². The van der Waals surface area contributed by atoms with Crippen LogP contribution in [0, 0.1) is 0 Å². The van der Waals surface area contributed by atoms with Crippen LogP contribution in [0.5, 0.6) is 0 Å². The smallest absolute Gasteiger partial charge is 0.0621 e. The Morgan fingerprint density at radius 1 is 0.683 bits per heavy atom. The molecular weight excluding hydrogens is 534 g/mol. The SMILES string of the molecule is CC(C)(C)P(CC1=C(C(P)(c2cccnc2)c2cccnc2)C=C(c2ccccc2)C1c1ccccc1)C(C)(C)C. The Balaban J connectivity index is 1.86. The van der Waals surface area contributed by atoms with Gasteiger partial charge in [0.25, 0.3) is 0 Å². The average Bonchev–Trinajstić information content (AvgIpc) is 3.36. The van der Waals surface area contributed by atoms with E-state index in [-0.39, 0.29) is 16.2 Å². The summed E-state index contributed by atoms with van der Waals surface area (Å²) in [5.41, 5.74) is 9.13. The van der Waals surface area contributed by atoms with Gasteiger partial charge < -0.3 is 0 Å². The molecule has 210 valence electrons. The van der Waals surface area contributed by atoms with Gasteiger partial charge in [-0.1, -0.05) is 128 Å². The molecule has 2 atom stereocenters. The van der Waals surface area contributed by atoms with E-state index in [1.165, 1.54) is 27.8 Å². The number of benzene rings is 2. The number of pyridine rings is 2. The van der Waals surface area contributed by atoms with Crippen molar-refractivity contribution >= 4 is 22.7 Å². The van der Waals surface area contributed by atoms with E-state index in [0.717, 1.165) is 17.3 Å². The van der Waals surface area contributed by atoms with Crippen molar-refractivity contribution < 1.29 is 0 Å². The molecule has 0 bridgehead atoms. The van der Waals surface area contributed by atoms with Gasteiger partial charge in [-0.15, -0.1) is 9.24 Å². The monoisotopic (exact) mass is 576 g/mol. The van der Waals surface area contributed by atoms with Crippen LogP contribution in [-0.2, 0) is 5.16 Å². The lowest BCUT2D eigenvalue weighted by Gasteiger charge is -2.44. The topological polar surface area (TPSA) is 25.8 Å². The first-order valence-corrected chi connectivity index (χ1v) is 16.5. The van der Waals surface area contributed by atoms with Crippen molar-refractivity contribution in [1.82, 2.24) is 9.97 Å². The highest BCUT2D eigenvalue weighted by Gasteiger charge is 2.44. The number of allylic oxidation sites excluding steroid dienone is 4. The van der Waals surface area contributed by atoms with Crippen molar-refractivity contribution in [1.29, 1.82) is 0 Å². The molecule has 2 aromatic heterocycles. The summed E-state index contributed by atoms with van der Waals surface area (Å²) < 4.78 is 0. The Kier molecular flexibility index (Phi) is 8.48. The summed E-state index contributed by atoms with van der Waals surface area (Å²) in [6, 6.07) is 30.5. The Bertz CT molecular complexity index is 1460. The van der Waals surface area contributed by atoms with E-state index in [1.807, 2.05) is 36.9 Å². The zero-order valence-electron chi connectivity index (χ0n) is 25.2. The largest absolute Gasteiger partial charge is 0.264 e. The Hall–Kier alpha value is -2.92. The lowest BCUT2D eigenvalue weighted by molar-refractivity contribution is 0.704. The van der Waals surface area contributed by atoms with Gasteiger partial charge in [-0.3, -0.25) is 9.97 Å². The third-order valence-electron chi connectivity index (χ3n) is 8.15. The van der Waals surface area contributed by atoms with Crippen molar-refractivity contribution in [3.8, 4) is 0 Å². The van der Waals surface area contributed by atoms with E-state index in [1.54, 1.807) is 0 Å². The summed E-state index contributed by atoms with van der Waals surface area (Å²) in [4.78, 5) is 9.19. The zero-order chi connectivity index (χ0) is 29.3. The van der Waals surface area contributed by atoms with Crippen LogP contribution >= 0.6 is 17.2 Å². The van der Waals surface area contributed by atoms with Crippen LogP contribution in [0.15, 0.2) is 127 Å². The summed E-state index contributed by atoms with van der Waals surface area (Å²) >= 11 is 0. The Morgan fingerprint density at radius 2 is 1.20 bits per heavy atom. The van der Waals surface area contributed by atoms with Crippen LogP contribution in [0.2, 0.25) is 0 Å². The van der Waals surface area contributed by atoms with Gasteiger partial charge in [-0.25, -0.2) is 0 Å². The maximum absolute atomic E-state index is 4.59. The molecule has 4 aromatic rings. The molecule has 41 heavy (non-hydrogen) atoms. The molecule has 0 saturated carbocycles. The Morgan fingerprint density at radius 3 is 1.66 bits per heavy atom. The molecule has 2 aromatic carbocycles. The molecule has 0 N–H and O–H groups in total. The van der Waals surface area contributed by atoms with Gasteiger partial charge in [-0.05, 0) is 67.6 Å². The first-order chi connectivity index (χ1) is 19.5. The second-order valence-electron chi connectivity index (χ2n) is 13.0. The highest BCUT2D eigenvalue weighted by Crippen LogP contribution is 2.64. The van der Waals surface area contributed by atoms with Gasteiger partial charge in [0, 0.05) is 30.7 Å². The zero-order valence-corrected chi connectivity index (χ0v) is 27.2. The summed E-state index contributed by atoms with van der Waals surface area (Å²) in [7, 11) is 2.87. The first-order valence-electron chi connectivity index (χ1n) is 14.4. The van der Waals surface area contributed by atoms with E-state index < -0.39 is 13.1 Å². The number of hydrogen-bond donors (Lipinski definition) is 0. The summed E-state index contributed by atoms with van der Waals surface area (Å²) in [5, 5.41) is -0.124. The lowest BCUT2D eigenvalue weighted by atomic mass is 9.81. The molecule has 0 saturated heterocycles. The van der Waals surface area contributed by atoms with Crippen LogP contribution in [0.4, 0.5) is 0 Å². The molecule has 2 unspecified atom stereocenters. The molecule has 0 amide bonds. The number of hydrogen-bond acceptors (Lipinski definition) is 2. The van der Waals surface area contributed by atoms with Crippen LogP contribution < -0.4 is 0 Å². The third-order valence-corrected chi connectivity index (χ3v) is 13.0. The van der Waals surface area contributed by atoms with Gasteiger partial charge >= 0.3 is 0 Å². The minimum absolute atomic E-state index is 0.163. The molecule has 0 spiro atoms. The fourth-order valence-corrected chi connectivity index (χ4v) is 10.7. The van der Waals surface area contributed by atoms with Gasteiger partial charge in [0.1, 0.15) is 0 Å². The van der Waals surface area contributed by atoms with Crippen LogP contribution in [-0.4, -0.2) is 26.4 Å². The standard InChI is InChI=1S/C37H42N2P2/c1-35(2,3)41(36(4,5)6)26-32-33(37(40,29-19-13-21-38-24-29)30-20-14-22-39-25-30)23-31(27-15-9-7-10-16-27)34(32)28-17-11-8-12-18-28/h7-25,34H,26,40H2,1-6H3. The van der Waals surface area contributed by atoms with Gasteiger partial charge in [0.15, 0.2) is 0 Å². The van der Waals surface area contributed by atoms with E-state index >= 15 is 0 Å².